The summed E-state index contributed by atoms with van der Waals surface area (Å²) in [4.78, 5) is 41.1. The third-order valence-corrected chi connectivity index (χ3v) is 5.27. The number of aromatic amines is 1. The van der Waals surface area contributed by atoms with Gasteiger partial charge in [0, 0.05) is 24.8 Å². The number of pyridine rings is 1. The number of hydrogen-bond acceptors (Lipinski definition) is 5. The minimum Gasteiger partial charge on any atom is -0.336 e. The van der Waals surface area contributed by atoms with Crippen LogP contribution in [0.25, 0.3) is 11.5 Å². The lowest BCUT2D eigenvalue weighted by Crippen LogP contribution is -2.46. The first-order valence-corrected chi connectivity index (χ1v) is 9.12. The topological polar surface area (TPSA) is 82.2 Å². The fraction of sp³-hybridized carbons (Fsp3) is 0.474. The molecular formula is C19H23N5O2. The zero-order chi connectivity index (χ0) is 18.1. The van der Waals surface area contributed by atoms with Crippen molar-refractivity contribution in [2.45, 2.75) is 25.8 Å². The Bertz CT molecular complexity index is 864. The summed E-state index contributed by atoms with van der Waals surface area (Å²) in [5.74, 6) is 0.692. The van der Waals surface area contributed by atoms with Gasteiger partial charge in [-0.05, 0) is 45.0 Å². The lowest BCUT2D eigenvalue weighted by atomic mass is 9.95. The van der Waals surface area contributed by atoms with Crippen LogP contribution in [-0.4, -0.2) is 57.3 Å². The van der Waals surface area contributed by atoms with E-state index < -0.39 is 0 Å². The molecule has 1 atom stereocenters. The number of aromatic nitrogens is 3. The zero-order valence-electron chi connectivity index (χ0n) is 14.9. The van der Waals surface area contributed by atoms with Crippen LogP contribution in [0.4, 0.5) is 0 Å². The molecule has 26 heavy (non-hydrogen) atoms. The largest absolute Gasteiger partial charge is 0.336 e. The van der Waals surface area contributed by atoms with Gasteiger partial charge in [-0.25, -0.2) is 4.98 Å². The van der Waals surface area contributed by atoms with Crippen molar-refractivity contribution in [2.24, 2.45) is 5.92 Å². The molecule has 2 aromatic heterocycles. The van der Waals surface area contributed by atoms with Crippen molar-refractivity contribution < 1.29 is 4.79 Å². The number of carbonyl (C=O) groups is 1. The lowest BCUT2D eigenvalue weighted by Gasteiger charge is -2.35. The van der Waals surface area contributed by atoms with E-state index in [0.29, 0.717) is 42.3 Å². The number of carbonyl (C=O) groups excluding carboxylic acids is 1. The Hall–Kier alpha value is -2.54. The van der Waals surface area contributed by atoms with Crippen LogP contribution in [0.15, 0.2) is 29.2 Å². The second kappa shape index (κ2) is 6.99. The SMILES string of the molecule is CN1CCC[C@H](C(=O)N2CCc3c(nc(-c4ccccn4)[nH]c3=O)C2)C1. The standard InChI is InChI=1S/C19H23N5O2/c1-23-9-4-5-13(11-23)19(26)24-10-7-14-16(12-24)21-17(22-18(14)25)15-6-2-3-8-20-15/h2-3,6,8,13H,4-5,7,9-12H2,1H3,(H,21,22,25)/t13-/m0/s1. The number of hydrogen-bond donors (Lipinski definition) is 1. The van der Waals surface area contributed by atoms with Crippen LogP contribution < -0.4 is 5.56 Å². The van der Waals surface area contributed by atoms with E-state index in [-0.39, 0.29) is 17.4 Å². The van der Waals surface area contributed by atoms with Crippen molar-refractivity contribution in [1.29, 1.82) is 0 Å². The normalized spacial score (nSPS) is 20.7. The van der Waals surface area contributed by atoms with Crippen LogP contribution in [0, 0.1) is 5.92 Å². The quantitative estimate of drug-likeness (QED) is 0.873. The van der Waals surface area contributed by atoms with Crippen LogP contribution in [0.3, 0.4) is 0 Å². The van der Waals surface area contributed by atoms with Gasteiger partial charge >= 0.3 is 0 Å². The minimum atomic E-state index is -0.125. The molecule has 0 bridgehead atoms. The first-order valence-electron chi connectivity index (χ1n) is 9.12. The van der Waals surface area contributed by atoms with Gasteiger partial charge in [0.2, 0.25) is 5.91 Å². The summed E-state index contributed by atoms with van der Waals surface area (Å²) >= 11 is 0. The Morgan fingerprint density at radius 1 is 1.31 bits per heavy atom. The fourth-order valence-electron chi connectivity index (χ4n) is 3.88. The van der Waals surface area contributed by atoms with E-state index in [1.165, 1.54) is 0 Å². The Morgan fingerprint density at radius 3 is 2.96 bits per heavy atom. The molecule has 0 unspecified atom stereocenters. The van der Waals surface area contributed by atoms with Gasteiger partial charge in [0.25, 0.3) is 5.56 Å². The third-order valence-electron chi connectivity index (χ3n) is 5.27. The summed E-state index contributed by atoms with van der Waals surface area (Å²) in [6.07, 6.45) is 4.21. The third kappa shape index (κ3) is 3.26. The first kappa shape index (κ1) is 16.9. The predicted octanol–water partition coefficient (Wildman–Crippen LogP) is 1.06. The molecule has 2 aliphatic rings. The summed E-state index contributed by atoms with van der Waals surface area (Å²) in [5.41, 5.74) is 1.89. The molecule has 0 radical (unpaired) electrons. The Balaban J connectivity index is 1.58. The van der Waals surface area contributed by atoms with Gasteiger partial charge in [-0.15, -0.1) is 0 Å². The van der Waals surface area contributed by atoms with Crippen molar-refractivity contribution in [2.75, 3.05) is 26.7 Å². The maximum atomic E-state index is 12.9. The van der Waals surface area contributed by atoms with Gasteiger partial charge in [0.15, 0.2) is 5.82 Å². The van der Waals surface area contributed by atoms with E-state index in [2.05, 4.69) is 26.9 Å². The average molecular weight is 353 g/mol. The molecule has 4 heterocycles. The first-order chi connectivity index (χ1) is 12.6. The number of likely N-dealkylation sites (tertiary alicyclic amines) is 1. The highest BCUT2D eigenvalue weighted by Gasteiger charge is 2.31. The Kier molecular flexibility index (Phi) is 4.55. The highest BCUT2D eigenvalue weighted by molar-refractivity contribution is 5.79. The van der Waals surface area contributed by atoms with Crippen LogP contribution in [0.1, 0.15) is 24.1 Å². The molecule has 0 spiro atoms. The van der Waals surface area contributed by atoms with Gasteiger partial charge in [-0.1, -0.05) is 6.07 Å². The molecule has 7 nitrogen and oxygen atoms in total. The maximum Gasteiger partial charge on any atom is 0.254 e. The van der Waals surface area contributed by atoms with Crippen LogP contribution >= 0.6 is 0 Å². The molecular weight excluding hydrogens is 330 g/mol. The Morgan fingerprint density at radius 2 is 2.19 bits per heavy atom. The van der Waals surface area contributed by atoms with Gasteiger partial charge in [0.1, 0.15) is 5.69 Å². The molecule has 2 aromatic rings. The second-order valence-electron chi connectivity index (χ2n) is 7.17. The molecule has 7 heteroatoms. The number of fused-ring (bicyclic) bond motifs is 1. The molecule has 4 rings (SSSR count). The zero-order valence-corrected chi connectivity index (χ0v) is 14.9. The summed E-state index contributed by atoms with van der Waals surface area (Å²) in [7, 11) is 2.06. The summed E-state index contributed by atoms with van der Waals surface area (Å²) < 4.78 is 0. The van der Waals surface area contributed by atoms with E-state index in [4.69, 9.17) is 0 Å². The van der Waals surface area contributed by atoms with Crippen molar-refractivity contribution >= 4 is 5.91 Å². The van der Waals surface area contributed by atoms with Crippen molar-refractivity contribution in [3.05, 3.63) is 46.0 Å². The van der Waals surface area contributed by atoms with Crippen molar-refractivity contribution in [1.82, 2.24) is 24.8 Å². The number of nitrogens with one attached hydrogen (secondary N) is 1. The molecule has 0 saturated carbocycles. The average Bonchev–Trinajstić information content (AvgIpc) is 2.67. The number of piperidine rings is 1. The minimum absolute atomic E-state index is 0.0487. The Labute approximate surface area is 152 Å². The van der Waals surface area contributed by atoms with Crippen LogP contribution in [0.2, 0.25) is 0 Å². The van der Waals surface area contributed by atoms with E-state index in [9.17, 15) is 9.59 Å². The van der Waals surface area contributed by atoms with Gasteiger partial charge in [0.05, 0.1) is 18.2 Å². The molecule has 0 aliphatic carbocycles. The summed E-state index contributed by atoms with van der Waals surface area (Å²) in [6, 6.07) is 5.49. The second-order valence-corrected chi connectivity index (χ2v) is 7.17. The number of H-pyrrole nitrogens is 1. The van der Waals surface area contributed by atoms with Gasteiger partial charge < -0.3 is 14.8 Å². The molecule has 1 saturated heterocycles. The molecule has 1 fully saturated rings. The van der Waals surface area contributed by atoms with E-state index in [1.54, 1.807) is 6.20 Å². The summed E-state index contributed by atoms with van der Waals surface area (Å²) in [6.45, 7) is 2.85. The number of amides is 1. The number of rotatable bonds is 2. The van der Waals surface area contributed by atoms with Crippen molar-refractivity contribution in [3.8, 4) is 11.5 Å². The predicted molar refractivity (Wildman–Crippen MR) is 97.4 cm³/mol. The molecule has 1 N–H and O–H groups in total. The molecule has 0 aromatic carbocycles. The molecule has 2 aliphatic heterocycles. The van der Waals surface area contributed by atoms with E-state index in [1.807, 2.05) is 23.1 Å². The highest BCUT2D eigenvalue weighted by Crippen LogP contribution is 2.22. The van der Waals surface area contributed by atoms with Crippen LogP contribution in [0.5, 0.6) is 0 Å². The summed E-state index contributed by atoms with van der Waals surface area (Å²) in [5, 5.41) is 0. The molecule has 136 valence electrons. The van der Waals surface area contributed by atoms with E-state index in [0.717, 1.165) is 25.9 Å². The van der Waals surface area contributed by atoms with Crippen molar-refractivity contribution in [3.63, 3.8) is 0 Å². The smallest absolute Gasteiger partial charge is 0.254 e. The fourth-order valence-corrected chi connectivity index (χ4v) is 3.88. The highest BCUT2D eigenvalue weighted by atomic mass is 16.2. The maximum absolute atomic E-state index is 12.9. The lowest BCUT2D eigenvalue weighted by molar-refractivity contribution is -0.138. The number of nitrogens with zero attached hydrogens (tertiary/aromatic N) is 4. The van der Waals surface area contributed by atoms with Gasteiger partial charge in [-0.3, -0.25) is 14.6 Å². The monoisotopic (exact) mass is 353 g/mol. The van der Waals surface area contributed by atoms with Crippen LogP contribution in [-0.2, 0) is 17.8 Å². The molecule has 1 amide bonds. The van der Waals surface area contributed by atoms with Gasteiger partial charge in [-0.2, -0.15) is 0 Å². The van der Waals surface area contributed by atoms with E-state index >= 15 is 0 Å².